The topological polar surface area (TPSA) is 46.9 Å². The summed E-state index contributed by atoms with van der Waals surface area (Å²) >= 11 is 3.34. The van der Waals surface area contributed by atoms with E-state index in [1.165, 1.54) is 5.56 Å². The van der Waals surface area contributed by atoms with Gasteiger partial charge < -0.3 is 5.32 Å². The molecule has 0 aliphatic carbocycles. The van der Waals surface area contributed by atoms with Crippen LogP contribution < -0.4 is 5.32 Å². The van der Waals surface area contributed by atoms with E-state index in [4.69, 9.17) is 0 Å². The van der Waals surface area contributed by atoms with Crippen molar-refractivity contribution in [3.05, 3.63) is 52.8 Å². The van der Waals surface area contributed by atoms with Gasteiger partial charge in [0.15, 0.2) is 0 Å². The molecular formula is C15H18BrN3O. The number of hydrogen-bond acceptors (Lipinski definition) is 2. The van der Waals surface area contributed by atoms with Crippen molar-refractivity contribution in [2.24, 2.45) is 5.92 Å². The summed E-state index contributed by atoms with van der Waals surface area (Å²) in [6, 6.07) is 10.1. The molecule has 1 aromatic carbocycles. The molecule has 2 aromatic rings. The van der Waals surface area contributed by atoms with Crippen molar-refractivity contribution in [3.63, 3.8) is 0 Å². The van der Waals surface area contributed by atoms with Crippen LogP contribution in [0.15, 0.2) is 47.2 Å². The summed E-state index contributed by atoms with van der Waals surface area (Å²) in [5.74, 6) is -0.0369. The van der Waals surface area contributed by atoms with E-state index in [1.54, 1.807) is 10.9 Å². The first-order chi connectivity index (χ1) is 9.65. The summed E-state index contributed by atoms with van der Waals surface area (Å²) in [5, 5.41) is 7.12. The number of nitrogens with one attached hydrogen (secondary N) is 1. The fourth-order valence-electron chi connectivity index (χ4n) is 1.95. The van der Waals surface area contributed by atoms with Gasteiger partial charge in [0, 0.05) is 12.7 Å². The highest BCUT2D eigenvalue weighted by Gasteiger charge is 2.13. The van der Waals surface area contributed by atoms with Gasteiger partial charge in [-0.05, 0) is 27.9 Å². The Balaban J connectivity index is 1.74. The average Bonchev–Trinajstić information content (AvgIpc) is 2.85. The molecule has 1 unspecified atom stereocenters. The van der Waals surface area contributed by atoms with Gasteiger partial charge in [-0.15, -0.1) is 0 Å². The Morgan fingerprint density at radius 3 is 2.80 bits per heavy atom. The maximum absolute atomic E-state index is 12.0. The predicted molar refractivity (Wildman–Crippen MR) is 82.2 cm³/mol. The normalized spacial score (nSPS) is 12.1. The first-order valence-electron chi connectivity index (χ1n) is 6.65. The van der Waals surface area contributed by atoms with Crippen LogP contribution >= 0.6 is 15.9 Å². The Kier molecular flexibility index (Phi) is 5.35. The fourth-order valence-corrected chi connectivity index (χ4v) is 2.28. The summed E-state index contributed by atoms with van der Waals surface area (Å²) in [6.45, 7) is 3.16. The Hall–Kier alpha value is -1.62. The highest BCUT2D eigenvalue weighted by Crippen LogP contribution is 2.08. The maximum atomic E-state index is 12.0. The van der Waals surface area contributed by atoms with E-state index in [0.717, 1.165) is 10.9 Å². The summed E-state index contributed by atoms with van der Waals surface area (Å²) in [6.07, 6.45) is 4.44. The van der Waals surface area contributed by atoms with Gasteiger partial charge in [0.2, 0.25) is 5.91 Å². The highest BCUT2D eigenvalue weighted by atomic mass is 79.9. The molecule has 0 bridgehead atoms. The molecule has 2 rings (SSSR count). The second-order valence-electron chi connectivity index (χ2n) is 4.81. The Morgan fingerprint density at radius 1 is 1.40 bits per heavy atom. The molecular weight excluding hydrogens is 318 g/mol. The number of carbonyl (C=O) groups excluding carboxylic acids is 1. The number of aromatic nitrogens is 2. The SMILES string of the molecule is CC(Cn1cc(Br)cn1)C(=O)NCCc1ccccc1. The van der Waals surface area contributed by atoms with Crippen LogP contribution in [0.2, 0.25) is 0 Å². The third-order valence-corrected chi connectivity index (χ3v) is 3.48. The van der Waals surface area contributed by atoms with Crippen LogP contribution in [0.3, 0.4) is 0 Å². The van der Waals surface area contributed by atoms with Gasteiger partial charge in [-0.1, -0.05) is 37.3 Å². The van der Waals surface area contributed by atoms with Gasteiger partial charge in [0.05, 0.1) is 23.1 Å². The van der Waals surface area contributed by atoms with Crippen molar-refractivity contribution in [2.75, 3.05) is 6.54 Å². The zero-order chi connectivity index (χ0) is 14.4. The molecule has 106 valence electrons. The molecule has 1 amide bonds. The lowest BCUT2D eigenvalue weighted by Crippen LogP contribution is -2.33. The average molecular weight is 336 g/mol. The van der Waals surface area contributed by atoms with Crippen LogP contribution in [0.25, 0.3) is 0 Å². The fraction of sp³-hybridized carbons (Fsp3) is 0.333. The lowest BCUT2D eigenvalue weighted by atomic mass is 10.1. The van der Waals surface area contributed by atoms with Crippen molar-refractivity contribution < 1.29 is 4.79 Å². The monoisotopic (exact) mass is 335 g/mol. The molecule has 20 heavy (non-hydrogen) atoms. The number of carbonyl (C=O) groups is 1. The molecule has 0 fully saturated rings. The summed E-state index contributed by atoms with van der Waals surface area (Å²) in [5.41, 5.74) is 1.23. The minimum Gasteiger partial charge on any atom is -0.355 e. The maximum Gasteiger partial charge on any atom is 0.224 e. The zero-order valence-electron chi connectivity index (χ0n) is 11.4. The lowest BCUT2D eigenvalue weighted by Gasteiger charge is -2.12. The zero-order valence-corrected chi connectivity index (χ0v) is 13.0. The highest BCUT2D eigenvalue weighted by molar-refractivity contribution is 9.10. The molecule has 1 heterocycles. The Labute approximate surface area is 127 Å². The number of benzene rings is 1. The Morgan fingerprint density at radius 2 is 2.15 bits per heavy atom. The molecule has 4 nitrogen and oxygen atoms in total. The van der Waals surface area contributed by atoms with Gasteiger partial charge >= 0.3 is 0 Å². The number of amides is 1. The Bertz CT molecular complexity index is 553. The van der Waals surface area contributed by atoms with E-state index in [2.05, 4.69) is 38.5 Å². The van der Waals surface area contributed by atoms with Crippen LogP contribution in [0, 0.1) is 5.92 Å². The molecule has 0 radical (unpaired) electrons. The van der Waals surface area contributed by atoms with Gasteiger partial charge in [-0.2, -0.15) is 5.10 Å². The number of hydrogen-bond donors (Lipinski definition) is 1. The van der Waals surface area contributed by atoms with Crippen molar-refractivity contribution in [1.82, 2.24) is 15.1 Å². The van der Waals surface area contributed by atoms with Crippen molar-refractivity contribution in [2.45, 2.75) is 19.9 Å². The number of rotatable bonds is 6. The van der Waals surface area contributed by atoms with E-state index in [1.807, 2.05) is 31.3 Å². The molecule has 1 atom stereocenters. The van der Waals surface area contributed by atoms with Crippen LogP contribution in [0.5, 0.6) is 0 Å². The van der Waals surface area contributed by atoms with Crippen LogP contribution in [-0.4, -0.2) is 22.2 Å². The van der Waals surface area contributed by atoms with Crippen molar-refractivity contribution >= 4 is 21.8 Å². The first kappa shape index (κ1) is 14.8. The van der Waals surface area contributed by atoms with Crippen molar-refractivity contribution in [3.8, 4) is 0 Å². The van der Waals surface area contributed by atoms with Gasteiger partial charge in [0.1, 0.15) is 0 Å². The van der Waals surface area contributed by atoms with E-state index < -0.39 is 0 Å². The third kappa shape index (κ3) is 4.49. The first-order valence-corrected chi connectivity index (χ1v) is 7.44. The summed E-state index contributed by atoms with van der Waals surface area (Å²) in [7, 11) is 0. The lowest BCUT2D eigenvalue weighted by molar-refractivity contribution is -0.124. The van der Waals surface area contributed by atoms with Crippen molar-refractivity contribution in [1.29, 1.82) is 0 Å². The minimum absolute atomic E-state index is 0.0625. The largest absolute Gasteiger partial charge is 0.355 e. The molecule has 0 saturated heterocycles. The quantitative estimate of drug-likeness (QED) is 0.882. The smallest absolute Gasteiger partial charge is 0.224 e. The molecule has 5 heteroatoms. The predicted octanol–water partition coefficient (Wildman–Crippen LogP) is 2.64. The van der Waals surface area contributed by atoms with E-state index in [-0.39, 0.29) is 11.8 Å². The van der Waals surface area contributed by atoms with E-state index >= 15 is 0 Å². The summed E-state index contributed by atoms with van der Waals surface area (Å²) < 4.78 is 2.69. The molecule has 0 aliphatic rings. The van der Waals surface area contributed by atoms with Gasteiger partial charge in [0.25, 0.3) is 0 Å². The number of nitrogens with zero attached hydrogens (tertiary/aromatic N) is 2. The molecule has 1 N–H and O–H groups in total. The second kappa shape index (κ2) is 7.24. The molecule has 0 saturated carbocycles. The molecule has 0 spiro atoms. The molecule has 1 aromatic heterocycles. The van der Waals surface area contributed by atoms with Gasteiger partial charge in [-0.25, -0.2) is 0 Å². The standard InChI is InChI=1S/C15H18BrN3O/c1-12(10-19-11-14(16)9-18-19)15(20)17-8-7-13-5-3-2-4-6-13/h2-6,9,11-12H,7-8,10H2,1H3,(H,17,20). The van der Waals surface area contributed by atoms with Crippen LogP contribution in [0.1, 0.15) is 12.5 Å². The third-order valence-electron chi connectivity index (χ3n) is 3.07. The van der Waals surface area contributed by atoms with Gasteiger partial charge in [-0.3, -0.25) is 9.48 Å². The van der Waals surface area contributed by atoms with Crippen LogP contribution in [-0.2, 0) is 17.8 Å². The summed E-state index contributed by atoms with van der Waals surface area (Å²) in [4.78, 5) is 12.0. The number of halogens is 1. The van der Waals surface area contributed by atoms with E-state index in [0.29, 0.717) is 13.1 Å². The minimum atomic E-state index is -0.0995. The second-order valence-corrected chi connectivity index (χ2v) is 5.72. The van der Waals surface area contributed by atoms with E-state index in [9.17, 15) is 4.79 Å². The molecule has 0 aliphatic heterocycles. The van der Waals surface area contributed by atoms with Crippen LogP contribution in [0.4, 0.5) is 0 Å².